The molecule has 0 aromatic heterocycles. The molecular formula is C12H17Cl2NS. The van der Waals surface area contributed by atoms with E-state index in [-0.39, 0.29) is 6.04 Å². The second-order valence-electron chi connectivity index (χ2n) is 4.09. The molecule has 1 rings (SSSR count). The van der Waals surface area contributed by atoms with Gasteiger partial charge in [0.15, 0.2) is 0 Å². The van der Waals surface area contributed by atoms with Crippen LogP contribution in [0.4, 0.5) is 0 Å². The molecule has 0 spiro atoms. The van der Waals surface area contributed by atoms with Gasteiger partial charge in [0.05, 0.1) is 10.0 Å². The maximum absolute atomic E-state index is 6.05. The zero-order chi connectivity index (χ0) is 12.1. The van der Waals surface area contributed by atoms with Gasteiger partial charge in [-0.1, -0.05) is 43.1 Å². The predicted octanol–water partition coefficient (Wildman–Crippen LogP) is 4.00. The molecule has 0 amide bonds. The van der Waals surface area contributed by atoms with E-state index in [1.807, 2.05) is 30.0 Å². The Morgan fingerprint density at radius 2 is 1.94 bits per heavy atom. The number of hydrogen-bond acceptors (Lipinski definition) is 2. The van der Waals surface area contributed by atoms with Gasteiger partial charge in [0.25, 0.3) is 0 Å². The summed E-state index contributed by atoms with van der Waals surface area (Å²) in [5.74, 6) is 0.970. The van der Waals surface area contributed by atoms with Crippen LogP contribution in [0.2, 0.25) is 10.0 Å². The monoisotopic (exact) mass is 277 g/mol. The van der Waals surface area contributed by atoms with E-state index in [4.69, 9.17) is 28.9 Å². The third-order valence-corrected chi connectivity index (χ3v) is 4.15. The van der Waals surface area contributed by atoms with Crippen molar-refractivity contribution in [2.75, 3.05) is 5.75 Å². The van der Waals surface area contributed by atoms with E-state index < -0.39 is 0 Å². The van der Waals surface area contributed by atoms with Crippen LogP contribution in [0.15, 0.2) is 18.2 Å². The Labute approximate surface area is 112 Å². The second kappa shape index (κ2) is 6.75. The van der Waals surface area contributed by atoms with E-state index in [9.17, 15) is 0 Å². The Balaban J connectivity index is 2.49. The molecule has 0 aliphatic carbocycles. The Morgan fingerprint density at radius 1 is 1.25 bits per heavy atom. The lowest BCUT2D eigenvalue weighted by Gasteiger charge is -2.13. The molecule has 1 aromatic rings. The van der Waals surface area contributed by atoms with Gasteiger partial charge >= 0.3 is 0 Å². The van der Waals surface area contributed by atoms with Gasteiger partial charge in [-0.15, -0.1) is 0 Å². The number of hydrogen-bond donors (Lipinski definition) is 1. The molecule has 2 N–H and O–H groups in total. The van der Waals surface area contributed by atoms with Crippen LogP contribution in [0.1, 0.15) is 19.4 Å². The van der Waals surface area contributed by atoms with Gasteiger partial charge < -0.3 is 5.73 Å². The average molecular weight is 278 g/mol. The summed E-state index contributed by atoms with van der Waals surface area (Å²) in [5.41, 5.74) is 7.19. The van der Waals surface area contributed by atoms with Crippen LogP contribution >= 0.6 is 35.0 Å². The van der Waals surface area contributed by atoms with Gasteiger partial charge in [-0.05, 0) is 29.4 Å². The topological polar surface area (TPSA) is 26.0 Å². The van der Waals surface area contributed by atoms with Crippen LogP contribution in [-0.4, -0.2) is 17.0 Å². The molecule has 0 aliphatic rings. The highest BCUT2D eigenvalue weighted by Crippen LogP contribution is 2.23. The number of thioether (sulfide) groups is 1. The predicted molar refractivity (Wildman–Crippen MR) is 75.7 cm³/mol. The zero-order valence-electron chi connectivity index (χ0n) is 9.54. The maximum atomic E-state index is 6.05. The first kappa shape index (κ1) is 14.2. The summed E-state index contributed by atoms with van der Waals surface area (Å²) in [6.45, 7) is 4.35. The molecule has 0 aliphatic heterocycles. The summed E-state index contributed by atoms with van der Waals surface area (Å²) >= 11 is 13.7. The first-order chi connectivity index (χ1) is 7.49. The molecule has 0 fully saturated rings. The zero-order valence-corrected chi connectivity index (χ0v) is 11.9. The Morgan fingerprint density at radius 3 is 2.50 bits per heavy atom. The molecule has 0 heterocycles. The van der Waals surface area contributed by atoms with E-state index in [0.29, 0.717) is 15.3 Å². The minimum atomic E-state index is 0.171. The van der Waals surface area contributed by atoms with Crippen molar-refractivity contribution in [3.63, 3.8) is 0 Å². The minimum absolute atomic E-state index is 0.171. The largest absolute Gasteiger partial charge is 0.327 e. The first-order valence-corrected chi connectivity index (χ1v) is 7.10. The SMILES string of the molecule is CC(C)SCC(N)Cc1ccc(Cl)c(Cl)c1. The molecule has 0 saturated carbocycles. The van der Waals surface area contributed by atoms with E-state index in [1.54, 1.807) is 0 Å². The third kappa shape index (κ3) is 4.96. The molecule has 0 saturated heterocycles. The van der Waals surface area contributed by atoms with Gasteiger partial charge in [-0.2, -0.15) is 11.8 Å². The van der Waals surface area contributed by atoms with Crippen molar-refractivity contribution in [2.24, 2.45) is 5.73 Å². The van der Waals surface area contributed by atoms with Crippen LogP contribution in [0.3, 0.4) is 0 Å². The van der Waals surface area contributed by atoms with Gasteiger partial charge in [0.1, 0.15) is 0 Å². The Hall–Kier alpha value is 0.110. The molecule has 1 nitrogen and oxygen atoms in total. The van der Waals surface area contributed by atoms with Crippen LogP contribution < -0.4 is 5.73 Å². The molecule has 4 heteroatoms. The van der Waals surface area contributed by atoms with E-state index in [0.717, 1.165) is 17.7 Å². The highest BCUT2D eigenvalue weighted by molar-refractivity contribution is 7.99. The number of benzene rings is 1. The summed E-state index contributed by atoms with van der Waals surface area (Å²) in [6.07, 6.45) is 0.844. The fraction of sp³-hybridized carbons (Fsp3) is 0.500. The van der Waals surface area contributed by atoms with E-state index >= 15 is 0 Å². The van der Waals surface area contributed by atoms with Crippen molar-refractivity contribution in [3.8, 4) is 0 Å². The molecule has 16 heavy (non-hydrogen) atoms. The van der Waals surface area contributed by atoms with Gasteiger partial charge in [0.2, 0.25) is 0 Å². The van der Waals surface area contributed by atoms with Crippen molar-refractivity contribution < 1.29 is 0 Å². The quantitative estimate of drug-likeness (QED) is 0.880. The molecule has 90 valence electrons. The summed E-state index contributed by atoms with van der Waals surface area (Å²) < 4.78 is 0. The summed E-state index contributed by atoms with van der Waals surface area (Å²) in [7, 11) is 0. The maximum Gasteiger partial charge on any atom is 0.0595 e. The van der Waals surface area contributed by atoms with Crippen molar-refractivity contribution in [1.82, 2.24) is 0 Å². The van der Waals surface area contributed by atoms with Crippen molar-refractivity contribution in [2.45, 2.75) is 31.6 Å². The smallest absolute Gasteiger partial charge is 0.0595 e. The molecule has 1 aromatic carbocycles. The fourth-order valence-corrected chi connectivity index (χ4v) is 2.41. The van der Waals surface area contributed by atoms with E-state index in [2.05, 4.69) is 13.8 Å². The molecular weight excluding hydrogens is 261 g/mol. The molecule has 0 radical (unpaired) electrons. The van der Waals surface area contributed by atoms with Crippen molar-refractivity contribution in [3.05, 3.63) is 33.8 Å². The standard InChI is InChI=1S/C12H17Cl2NS/c1-8(2)16-7-10(15)5-9-3-4-11(13)12(14)6-9/h3-4,6,8,10H,5,7,15H2,1-2H3. The van der Waals surface area contributed by atoms with Crippen LogP contribution in [0.25, 0.3) is 0 Å². The minimum Gasteiger partial charge on any atom is -0.327 e. The number of rotatable bonds is 5. The second-order valence-corrected chi connectivity index (χ2v) is 6.52. The Kier molecular flexibility index (Phi) is 5.98. The average Bonchev–Trinajstić information content (AvgIpc) is 2.21. The number of nitrogens with two attached hydrogens (primary N) is 1. The van der Waals surface area contributed by atoms with Gasteiger partial charge in [-0.25, -0.2) is 0 Å². The van der Waals surface area contributed by atoms with Crippen LogP contribution in [-0.2, 0) is 6.42 Å². The molecule has 0 bridgehead atoms. The highest BCUT2D eigenvalue weighted by atomic mass is 35.5. The lowest BCUT2D eigenvalue weighted by Crippen LogP contribution is -2.26. The number of halogens is 2. The Bertz CT molecular complexity index is 342. The summed E-state index contributed by atoms with van der Waals surface area (Å²) in [5, 5.41) is 1.82. The lowest BCUT2D eigenvalue weighted by atomic mass is 10.1. The summed E-state index contributed by atoms with van der Waals surface area (Å²) in [4.78, 5) is 0. The van der Waals surface area contributed by atoms with Gasteiger partial charge in [-0.3, -0.25) is 0 Å². The van der Waals surface area contributed by atoms with Crippen LogP contribution in [0.5, 0.6) is 0 Å². The normalized spacial score (nSPS) is 13.1. The fourth-order valence-electron chi connectivity index (χ4n) is 1.34. The molecule has 1 atom stereocenters. The van der Waals surface area contributed by atoms with Crippen LogP contribution in [0, 0.1) is 0 Å². The van der Waals surface area contributed by atoms with Crippen molar-refractivity contribution in [1.29, 1.82) is 0 Å². The molecule has 1 unspecified atom stereocenters. The lowest BCUT2D eigenvalue weighted by molar-refractivity contribution is 0.747. The highest BCUT2D eigenvalue weighted by Gasteiger charge is 2.07. The summed E-state index contributed by atoms with van der Waals surface area (Å²) in [6, 6.07) is 5.86. The third-order valence-electron chi connectivity index (χ3n) is 2.13. The van der Waals surface area contributed by atoms with Crippen molar-refractivity contribution >= 4 is 35.0 Å². The van der Waals surface area contributed by atoms with E-state index in [1.165, 1.54) is 0 Å². The van der Waals surface area contributed by atoms with Gasteiger partial charge in [0, 0.05) is 11.8 Å². The first-order valence-electron chi connectivity index (χ1n) is 5.30.